The number of H-pyrrole nitrogens is 1. The molecule has 0 aliphatic carbocycles. The summed E-state index contributed by atoms with van der Waals surface area (Å²) < 4.78 is 5.35. The second-order valence-electron chi connectivity index (χ2n) is 7.85. The van der Waals surface area contributed by atoms with Crippen LogP contribution in [-0.4, -0.2) is 44.4 Å². The van der Waals surface area contributed by atoms with Gasteiger partial charge in [-0.1, -0.05) is 18.2 Å². The van der Waals surface area contributed by atoms with Gasteiger partial charge in [0, 0.05) is 19.3 Å². The molecule has 1 aliphatic rings. The highest BCUT2D eigenvalue weighted by Gasteiger charge is 2.18. The molecule has 2 amide bonds. The second-order valence-corrected chi connectivity index (χ2v) is 7.85. The molecule has 0 bridgehead atoms. The fraction of sp³-hybridized carbons (Fsp3) is 0.125. The largest absolute Gasteiger partial charge is 0.482 e. The van der Waals surface area contributed by atoms with Gasteiger partial charge in [-0.2, -0.15) is 0 Å². The van der Waals surface area contributed by atoms with Gasteiger partial charge in [0.05, 0.1) is 22.5 Å². The Kier molecular flexibility index (Phi) is 5.71. The molecule has 176 valence electrons. The average Bonchev–Trinajstić information content (AvgIpc) is 3.29. The van der Waals surface area contributed by atoms with Crippen molar-refractivity contribution in [2.75, 3.05) is 17.2 Å². The highest BCUT2D eigenvalue weighted by Crippen LogP contribution is 2.28. The van der Waals surface area contributed by atoms with E-state index in [-0.39, 0.29) is 36.2 Å². The summed E-state index contributed by atoms with van der Waals surface area (Å²) in [7, 11) is 0. The van der Waals surface area contributed by atoms with Crippen LogP contribution in [0.15, 0.2) is 55.0 Å². The van der Waals surface area contributed by atoms with Gasteiger partial charge in [-0.15, -0.1) is 0 Å². The van der Waals surface area contributed by atoms with Crippen LogP contribution in [0.1, 0.15) is 32.0 Å². The Morgan fingerprint density at radius 3 is 2.66 bits per heavy atom. The molecule has 0 saturated heterocycles. The summed E-state index contributed by atoms with van der Waals surface area (Å²) in [6, 6.07) is 11.9. The first kappa shape index (κ1) is 21.9. The van der Waals surface area contributed by atoms with Gasteiger partial charge in [-0.05, 0) is 35.4 Å². The Hall–Kier alpha value is -4.93. The summed E-state index contributed by atoms with van der Waals surface area (Å²) in [6.07, 6.45) is 3.03. The van der Waals surface area contributed by atoms with Gasteiger partial charge in [0.25, 0.3) is 11.8 Å². The molecule has 0 atom stereocenters. The molecule has 35 heavy (non-hydrogen) atoms. The van der Waals surface area contributed by atoms with Gasteiger partial charge in [0.1, 0.15) is 17.6 Å². The van der Waals surface area contributed by atoms with Crippen molar-refractivity contribution in [3.8, 4) is 5.75 Å². The summed E-state index contributed by atoms with van der Waals surface area (Å²) in [5, 5.41) is 17.8. The molecule has 4 aromatic rings. The van der Waals surface area contributed by atoms with Gasteiger partial charge in [0.2, 0.25) is 0 Å². The second kappa shape index (κ2) is 9.14. The molecule has 0 saturated carbocycles. The molecule has 0 radical (unpaired) electrons. The van der Waals surface area contributed by atoms with Gasteiger partial charge in [-0.25, -0.2) is 14.8 Å². The summed E-state index contributed by atoms with van der Waals surface area (Å²) >= 11 is 0. The van der Waals surface area contributed by atoms with E-state index in [2.05, 4.69) is 30.9 Å². The number of carboxylic acid groups (broad SMARTS) is 1. The van der Waals surface area contributed by atoms with Gasteiger partial charge in [-0.3, -0.25) is 9.59 Å². The predicted octanol–water partition coefficient (Wildman–Crippen LogP) is 2.53. The third-order valence-corrected chi connectivity index (χ3v) is 5.49. The Labute approximate surface area is 198 Å². The van der Waals surface area contributed by atoms with Crippen molar-refractivity contribution in [1.82, 2.24) is 20.3 Å². The molecule has 11 heteroatoms. The lowest BCUT2D eigenvalue weighted by atomic mass is 10.1. The molecule has 3 heterocycles. The lowest BCUT2D eigenvalue weighted by molar-refractivity contribution is -0.118. The molecule has 0 fully saturated rings. The van der Waals surface area contributed by atoms with E-state index in [4.69, 9.17) is 9.84 Å². The van der Waals surface area contributed by atoms with E-state index in [0.29, 0.717) is 34.7 Å². The van der Waals surface area contributed by atoms with Crippen molar-refractivity contribution >= 4 is 40.2 Å². The minimum absolute atomic E-state index is 0.0171. The van der Waals surface area contributed by atoms with Crippen molar-refractivity contribution in [1.29, 1.82) is 0 Å². The fourth-order valence-corrected chi connectivity index (χ4v) is 3.71. The summed E-state index contributed by atoms with van der Waals surface area (Å²) in [4.78, 5) is 46.9. The Morgan fingerprint density at radius 1 is 1.06 bits per heavy atom. The van der Waals surface area contributed by atoms with Crippen LogP contribution >= 0.6 is 0 Å². The van der Waals surface area contributed by atoms with Crippen LogP contribution in [0.4, 0.5) is 11.4 Å². The van der Waals surface area contributed by atoms with Crippen LogP contribution in [0.5, 0.6) is 5.75 Å². The van der Waals surface area contributed by atoms with Gasteiger partial charge >= 0.3 is 5.97 Å². The number of carboxylic acids is 1. The SMILES string of the molecule is O=C1COc2ccc(CNC(=O)c3ncnc4c(NCc5ccc(C(=O)O)cc5)c[nH]c34)cc2N1. The first-order valence-corrected chi connectivity index (χ1v) is 10.7. The molecule has 0 unspecified atom stereocenters. The van der Waals surface area contributed by atoms with E-state index in [1.807, 2.05) is 6.07 Å². The number of fused-ring (bicyclic) bond motifs is 2. The fourth-order valence-electron chi connectivity index (χ4n) is 3.71. The molecular weight excluding hydrogens is 452 g/mol. The van der Waals surface area contributed by atoms with E-state index in [9.17, 15) is 14.4 Å². The first-order chi connectivity index (χ1) is 17.0. The smallest absolute Gasteiger partial charge is 0.335 e. The van der Waals surface area contributed by atoms with E-state index in [1.165, 1.54) is 6.33 Å². The van der Waals surface area contributed by atoms with Crippen molar-refractivity contribution < 1.29 is 24.2 Å². The number of ether oxygens (including phenoxy) is 1. The van der Waals surface area contributed by atoms with Crippen molar-refractivity contribution in [2.24, 2.45) is 0 Å². The van der Waals surface area contributed by atoms with Crippen molar-refractivity contribution in [3.05, 3.63) is 77.4 Å². The molecule has 11 nitrogen and oxygen atoms in total. The van der Waals surface area contributed by atoms with Crippen LogP contribution in [0.3, 0.4) is 0 Å². The van der Waals surface area contributed by atoms with E-state index in [1.54, 1.807) is 42.6 Å². The predicted molar refractivity (Wildman–Crippen MR) is 126 cm³/mol. The van der Waals surface area contributed by atoms with Crippen LogP contribution in [0.2, 0.25) is 0 Å². The maximum atomic E-state index is 12.9. The number of aromatic carboxylic acids is 1. The number of benzene rings is 2. The zero-order chi connectivity index (χ0) is 24.4. The molecule has 1 aliphatic heterocycles. The highest BCUT2D eigenvalue weighted by atomic mass is 16.5. The molecule has 0 spiro atoms. The highest BCUT2D eigenvalue weighted by molar-refractivity contribution is 6.05. The number of carbonyl (C=O) groups is 3. The zero-order valence-electron chi connectivity index (χ0n) is 18.3. The van der Waals surface area contributed by atoms with Gasteiger partial charge in [0.15, 0.2) is 12.3 Å². The first-order valence-electron chi connectivity index (χ1n) is 10.7. The maximum Gasteiger partial charge on any atom is 0.335 e. The summed E-state index contributed by atoms with van der Waals surface area (Å²) in [5.41, 5.74) is 4.39. The average molecular weight is 472 g/mol. The topological polar surface area (TPSA) is 158 Å². The molecular formula is C24H20N6O5. The number of hydrogen-bond donors (Lipinski definition) is 5. The lowest BCUT2D eigenvalue weighted by Crippen LogP contribution is -2.26. The monoisotopic (exact) mass is 472 g/mol. The van der Waals surface area contributed by atoms with Crippen LogP contribution < -0.4 is 20.7 Å². The van der Waals surface area contributed by atoms with E-state index in [0.717, 1.165) is 11.1 Å². The molecule has 2 aromatic carbocycles. The summed E-state index contributed by atoms with van der Waals surface area (Å²) in [6.45, 7) is 0.652. The molecule has 5 rings (SSSR count). The number of anilines is 2. The number of aromatic nitrogens is 3. The minimum Gasteiger partial charge on any atom is -0.482 e. The lowest BCUT2D eigenvalue weighted by Gasteiger charge is -2.18. The molecule has 2 aromatic heterocycles. The van der Waals surface area contributed by atoms with E-state index < -0.39 is 5.97 Å². The summed E-state index contributed by atoms with van der Waals surface area (Å²) in [5.74, 6) is -0.999. The third-order valence-electron chi connectivity index (χ3n) is 5.49. The van der Waals surface area contributed by atoms with Gasteiger partial charge < -0.3 is 30.8 Å². The minimum atomic E-state index is -0.976. The zero-order valence-corrected chi connectivity index (χ0v) is 18.3. The Balaban J connectivity index is 1.27. The Morgan fingerprint density at radius 2 is 1.86 bits per heavy atom. The number of hydrogen-bond acceptors (Lipinski definition) is 7. The van der Waals surface area contributed by atoms with Crippen LogP contribution in [0.25, 0.3) is 11.0 Å². The Bertz CT molecular complexity index is 1450. The number of rotatable bonds is 7. The standard InChI is InChI=1S/C24H20N6O5/c31-19-11-35-18-6-3-14(7-16(18)30-19)9-27-23(32)22-21-20(28-12-29-22)17(10-26-21)25-8-13-1-4-15(5-2-13)24(33)34/h1-7,10,12,25-26H,8-9,11H2,(H,27,32)(H,30,31)(H,33,34). The quantitative estimate of drug-likeness (QED) is 0.274. The number of aromatic amines is 1. The van der Waals surface area contributed by atoms with Crippen molar-refractivity contribution in [3.63, 3.8) is 0 Å². The third kappa shape index (κ3) is 4.60. The number of carbonyl (C=O) groups excluding carboxylic acids is 2. The number of amides is 2. The maximum absolute atomic E-state index is 12.9. The molecule has 5 N–H and O–H groups in total. The number of nitrogens with one attached hydrogen (secondary N) is 4. The van der Waals surface area contributed by atoms with E-state index >= 15 is 0 Å². The van der Waals surface area contributed by atoms with Crippen LogP contribution in [0, 0.1) is 0 Å². The normalized spacial score (nSPS) is 12.4. The number of nitrogens with zero attached hydrogens (tertiary/aromatic N) is 2. The van der Waals surface area contributed by atoms with Crippen LogP contribution in [-0.2, 0) is 17.9 Å². The van der Waals surface area contributed by atoms with Crippen molar-refractivity contribution in [2.45, 2.75) is 13.1 Å².